The summed E-state index contributed by atoms with van der Waals surface area (Å²) in [6.45, 7) is 4.32. The highest BCUT2D eigenvalue weighted by Crippen LogP contribution is 2.18. The minimum atomic E-state index is -0.761. The lowest BCUT2D eigenvalue weighted by Gasteiger charge is -2.27. The molecule has 1 heterocycles. The Labute approximate surface area is 98.4 Å². The van der Waals surface area contributed by atoms with Crippen LogP contribution in [0.4, 0.5) is 10.1 Å². The minimum absolute atomic E-state index is 0.464. The number of piperazine rings is 1. The molecule has 0 saturated carbocycles. The maximum Gasteiger partial charge on any atom is 0.304 e. The summed E-state index contributed by atoms with van der Waals surface area (Å²) in [5, 5.41) is 13.7. The summed E-state index contributed by atoms with van der Waals surface area (Å²) in [6.07, 6.45) is 0. The molecule has 5 nitrogen and oxygen atoms in total. The van der Waals surface area contributed by atoms with Crippen LogP contribution in [-0.4, -0.2) is 36.0 Å². The highest BCUT2D eigenvalue weighted by Gasteiger charge is 2.15. The van der Waals surface area contributed by atoms with E-state index in [-0.39, 0.29) is 0 Å². The van der Waals surface area contributed by atoms with E-state index < -0.39 is 16.4 Å². The number of benzene rings is 1. The van der Waals surface area contributed by atoms with Crippen LogP contribution in [-0.2, 0) is 6.54 Å². The molecule has 1 aliphatic rings. The number of nitrogens with zero attached hydrogens (tertiary/aromatic N) is 2. The van der Waals surface area contributed by atoms with Crippen molar-refractivity contribution < 1.29 is 9.31 Å². The van der Waals surface area contributed by atoms with E-state index >= 15 is 0 Å². The molecule has 1 fully saturated rings. The molecule has 0 radical (unpaired) electrons. The maximum atomic E-state index is 13.4. The SMILES string of the molecule is O=[N+]([O-])c1ccc(CN2CCNCC2)cc1F. The van der Waals surface area contributed by atoms with Gasteiger partial charge in [-0.05, 0) is 11.6 Å². The van der Waals surface area contributed by atoms with Gasteiger partial charge >= 0.3 is 5.69 Å². The second kappa shape index (κ2) is 5.20. The summed E-state index contributed by atoms with van der Waals surface area (Å²) in [5.41, 5.74) is 0.309. The van der Waals surface area contributed by atoms with Crippen LogP contribution in [0.1, 0.15) is 5.56 Å². The molecule has 1 N–H and O–H groups in total. The molecule has 0 aromatic heterocycles. The molecule has 2 rings (SSSR count). The summed E-state index contributed by atoms with van der Waals surface area (Å²) in [7, 11) is 0. The number of halogens is 1. The molecule has 17 heavy (non-hydrogen) atoms. The van der Waals surface area contributed by atoms with Crippen LogP contribution >= 0.6 is 0 Å². The molecule has 1 saturated heterocycles. The van der Waals surface area contributed by atoms with Crippen LogP contribution in [0.2, 0.25) is 0 Å². The van der Waals surface area contributed by atoms with Crippen LogP contribution in [0.5, 0.6) is 0 Å². The monoisotopic (exact) mass is 239 g/mol. The number of hydrogen-bond donors (Lipinski definition) is 1. The minimum Gasteiger partial charge on any atom is -0.314 e. The molecule has 0 bridgehead atoms. The fraction of sp³-hybridized carbons (Fsp3) is 0.455. The van der Waals surface area contributed by atoms with Crippen LogP contribution < -0.4 is 5.32 Å². The predicted molar refractivity (Wildman–Crippen MR) is 61.2 cm³/mol. The van der Waals surface area contributed by atoms with Crippen molar-refractivity contribution in [3.8, 4) is 0 Å². The van der Waals surface area contributed by atoms with Gasteiger partial charge in [0.25, 0.3) is 0 Å². The summed E-state index contributed by atoms with van der Waals surface area (Å²) >= 11 is 0. The first kappa shape index (κ1) is 11.9. The van der Waals surface area contributed by atoms with Gasteiger partial charge in [-0.1, -0.05) is 6.07 Å². The molecular formula is C11H14FN3O2. The standard InChI is InChI=1S/C11H14FN3O2/c12-10-7-9(1-2-11(10)15(16)17)8-14-5-3-13-4-6-14/h1-2,7,13H,3-6,8H2. The van der Waals surface area contributed by atoms with Gasteiger partial charge in [0.05, 0.1) is 4.92 Å². The van der Waals surface area contributed by atoms with Gasteiger partial charge in [0.1, 0.15) is 0 Å². The lowest BCUT2D eigenvalue weighted by atomic mass is 10.1. The third-order valence-corrected chi connectivity index (χ3v) is 2.82. The lowest BCUT2D eigenvalue weighted by Crippen LogP contribution is -2.42. The van der Waals surface area contributed by atoms with Gasteiger partial charge in [-0.25, -0.2) is 0 Å². The van der Waals surface area contributed by atoms with Gasteiger partial charge in [-0.15, -0.1) is 0 Å². The Morgan fingerprint density at radius 2 is 2.12 bits per heavy atom. The van der Waals surface area contributed by atoms with E-state index in [1.54, 1.807) is 6.07 Å². The van der Waals surface area contributed by atoms with Gasteiger partial charge in [0.15, 0.2) is 0 Å². The van der Waals surface area contributed by atoms with Crippen molar-refractivity contribution in [1.29, 1.82) is 0 Å². The van der Waals surface area contributed by atoms with Gasteiger partial charge < -0.3 is 5.32 Å². The summed E-state index contributed by atoms with van der Waals surface area (Å²) in [4.78, 5) is 12.0. The smallest absolute Gasteiger partial charge is 0.304 e. The van der Waals surface area contributed by atoms with Crippen molar-refractivity contribution in [2.45, 2.75) is 6.54 Å². The molecule has 6 heteroatoms. The highest BCUT2D eigenvalue weighted by atomic mass is 19.1. The van der Waals surface area contributed by atoms with E-state index in [9.17, 15) is 14.5 Å². The molecule has 0 amide bonds. The maximum absolute atomic E-state index is 13.4. The average molecular weight is 239 g/mol. The van der Waals surface area contributed by atoms with E-state index in [2.05, 4.69) is 10.2 Å². The number of nitro groups is 1. The average Bonchev–Trinajstić information content (AvgIpc) is 2.30. The molecule has 1 aromatic rings. The molecule has 1 aliphatic heterocycles. The zero-order chi connectivity index (χ0) is 12.3. The fourth-order valence-corrected chi connectivity index (χ4v) is 1.92. The van der Waals surface area contributed by atoms with Crippen LogP contribution in [0.3, 0.4) is 0 Å². The van der Waals surface area contributed by atoms with E-state index in [4.69, 9.17) is 0 Å². The van der Waals surface area contributed by atoms with Crippen molar-refractivity contribution >= 4 is 5.69 Å². The normalized spacial score (nSPS) is 17.0. The molecule has 1 aromatic carbocycles. The topological polar surface area (TPSA) is 58.4 Å². The van der Waals surface area contributed by atoms with E-state index in [1.165, 1.54) is 12.1 Å². The lowest BCUT2D eigenvalue weighted by molar-refractivity contribution is -0.387. The zero-order valence-corrected chi connectivity index (χ0v) is 9.36. The molecule has 0 atom stereocenters. The van der Waals surface area contributed by atoms with Gasteiger partial charge in [-0.2, -0.15) is 4.39 Å². The van der Waals surface area contributed by atoms with Crippen molar-refractivity contribution in [3.05, 3.63) is 39.7 Å². The fourth-order valence-electron chi connectivity index (χ4n) is 1.92. The van der Waals surface area contributed by atoms with E-state index in [1.807, 2.05) is 0 Å². The van der Waals surface area contributed by atoms with Gasteiger partial charge in [0.2, 0.25) is 5.82 Å². The first-order valence-electron chi connectivity index (χ1n) is 5.53. The van der Waals surface area contributed by atoms with Crippen molar-refractivity contribution in [3.63, 3.8) is 0 Å². The first-order chi connectivity index (χ1) is 8.16. The van der Waals surface area contributed by atoms with Crippen molar-refractivity contribution in [1.82, 2.24) is 10.2 Å². The number of nitrogens with one attached hydrogen (secondary N) is 1. The van der Waals surface area contributed by atoms with Crippen molar-refractivity contribution in [2.75, 3.05) is 26.2 Å². The number of rotatable bonds is 3. The Kier molecular flexibility index (Phi) is 3.65. The Hall–Kier alpha value is -1.53. The molecule has 0 aliphatic carbocycles. The second-order valence-electron chi connectivity index (χ2n) is 4.07. The van der Waals surface area contributed by atoms with Gasteiger partial charge in [-0.3, -0.25) is 15.0 Å². The largest absolute Gasteiger partial charge is 0.314 e. The second-order valence-corrected chi connectivity index (χ2v) is 4.07. The summed E-state index contributed by atoms with van der Waals surface area (Å²) in [6, 6.07) is 4.09. The third-order valence-electron chi connectivity index (χ3n) is 2.82. The summed E-state index contributed by atoms with van der Waals surface area (Å²) < 4.78 is 13.4. The Morgan fingerprint density at radius 3 is 2.71 bits per heavy atom. The molecule has 0 unspecified atom stereocenters. The van der Waals surface area contributed by atoms with Crippen LogP contribution in [0.15, 0.2) is 18.2 Å². The van der Waals surface area contributed by atoms with Crippen molar-refractivity contribution in [2.24, 2.45) is 0 Å². The van der Waals surface area contributed by atoms with E-state index in [0.717, 1.165) is 31.7 Å². The van der Waals surface area contributed by atoms with Crippen LogP contribution in [0, 0.1) is 15.9 Å². The highest BCUT2D eigenvalue weighted by molar-refractivity contribution is 5.34. The third kappa shape index (κ3) is 2.98. The Bertz CT molecular complexity index is 419. The van der Waals surface area contributed by atoms with Crippen LogP contribution in [0.25, 0.3) is 0 Å². The zero-order valence-electron chi connectivity index (χ0n) is 9.36. The predicted octanol–water partition coefficient (Wildman–Crippen LogP) is 1.14. The van der Waals surface area contributed by atoms with Gasteiger partial charge in [0, 0.05) is 38.8 Å². The quantitative estimate of drug-likeness (QED) is 0.634. The Balaban J connectivity index is 2.06. The molecular weight excluding hydrogens is 225 g/mol. The number of hydrogen-bond acceptors (Lipinski definition) is 4. The first-order valence-corrected chi connectivity index (χ1v) is 5.53. The number of nitro benzene ring substituents is 1. The Morgan fingerprint density at radius 1 is 1.41 bits per heavy atom. The molecule has 0 spiro atoms. The molecule has 92 valence electrons. The summed E-state index contributed by atoms with van der Waals surface area (Å²) in [5.74, 6) is -0.761. The van der Waals surface area contributed by atoms with E-state index in [0.29, 0.717) is 6.54 Å².